The lowest BCUT2D eigenvalue weighted by molar-refractivity contribution is -0.143. The number of carboxylic acids is 1. The summed E-state index contributed by atoms with van der Waals surface area (Å²) in [7, 11) is 2.10. The van der Waals surface area contributed by atoms with Crippen LogP contribution in [-0.4, -0.2) is 82.2 Å². The zero-order valence-corrected chi connectivity index (χ0v) is 25.9. The summed E-state index contributed by atoms with van der Waals surface area (Å²) in [6, 6.07) is 10.7. The van der Waals surface area contributed by atoms with Crippen LogP contribution in [0.2, 0.25) is 0 Å². The van der Waals surface area contributed by atoms with Crippen molar-refractivity contribution in [3.63, 3.8) is 0 Å². The number of aliphatic carboxylic acids is 1. The minimum atomic E-state index is -0.840. The number of hydrogen-bond acceptors (Lipinski definition) is 6. The highest BCUT2D eigenvalue weighted by Crippen LogP contribution is 2.30. The van der Waals surface area contributed by atoms with E-state index in [1.54, 1.807) is 45.0 Å². The van der Waals surface area contributed by atoms with Crippen LogP contribution in [-0.2, 0) is 9.53 Å². The van der Waals surface area contributed by atoms with Crippen LogP contribution in [0.3, 0.4) is 0 Å². The number of nitrogens with zero attached hydrogens (tertiary/aromatic N) is 4. The molecule has 1 amide bonds. The number of ether oxygens (including phenoxy) is 2. The van der Waals surface area contributed by atoms with Gasteiger partial charge in [0.25, 0.3) is 0 Å². The quantitative estimate of drug-likeness (QED) is 0.364. The topological polar surface area (TPSA) is 97.1 Å². The third-order valence-corrected chi connectivity index (χ3v) is 7.29. The van der Waals surface area contributed by atoms with Gasteiger partial charge in [0.05, 0.1) is 23.4 Å². The van der Waals surface area contributed by atoms with E-state index in [9.17, 15) is 18.4 Å². The molecule has 2 aliphatic rings. The van der Waals surface area contributed by atoms with E-state index < -0.39 is 23.6 Å². The number of hydrogen-bond donors (Lipinski definition) is 1. The molecule has 1 N–H and O–H groups in total. The predicted molar refractivity (Wildman–Crippen MR) is 162 cm³/mol. The summed E-state index contributed by atoms with van der Waals surface area (Å²) in [6.07, 6.45) is 3.18. The van der Waals surface area contributed by atoms with Crippen molar-refractivity contribution in [2.24, 2.45) is 11.8 Å². The number of amides is 1. The van der Waals surface area contributed by atoms with E-state index in [4.69, 9.17) is 14.6 Å². The first-order chi connectivity index (χ1) is 19.9. The zero-order valence-electron chi connectivity index (χ0n) is 25.1. The van der Waals surface area contributed by atoms with Gasteiger partial charge in [-0.25, -0.2) is 18.3 Å². The fraction of sp³-hybridized carbons (Fsp3) is 0.516. The second-order valence-electron chi connectivity index (χ2n) is 12.0. The summed E-state index contributed by atoms with van der Waals surface area (Å²) >= 11 is 0. The van der Waals surface area contributed by atoms with Crippen LogP contribution in [0.25, 0.3) is 16.6 Å². The standard InChI is InChI=1S/C20H21F2N3O.C11H19NO4.ClH/c1-24-10-4-5-14(12-24)13-26-20-16-11-15(21)8-9-18(16)25(23-20)19-7-3-2-6-17(19)22;1-11(2,3)16-10(15)12-6-4-5-8(7-12)9(13)14;/h2-3,6-9,11,14H,4-5,10,12-13H2,1H3;8H,4-7H2,1-3H3,(H,13,14);1H. The first kappa shape index (κ1) is 34.1. The van der Waals surface area contributed by atoms with Crippen LogP contribution in [0.15, 0.2) is 42.5 Å². The van der Waals surface area contributed by atoms with E-state index in [0.717, 1.165) is 32.4 Å². The van der Waals surface area contributed by atoms with Gasteiger partial charge in [-0.05, 0) is 90.4 Å². The molecular weight excluding hydrogens is 582 g/mol. The number of piperidine rings is 2. The molecule has 2 aliphatic heterocycles. The normalized spacial score (nSPS) is 19.2. The molecule has 2 unspecified atom stereocenters. The number of fused-ring (bicyclic) bond motifs is 1. The van der Waals surface area contributed by atoms with Gasteiger partial charge in [0.15, 0.2) is 0 Å². The fourth-order valence-electron chi connectivity index (χ4n) is 5.25. The summed E-state index contributed by atoms with van der Waals surface area (Å²) in [6.45, 7) is 8.82. The maximum absolute atomic E-state index is 14.2. The highest BCUT2D eigenvalue weighted by molar-refractivity contribution is 5.86. The van der Waals surface area contributed by atoms with Crippen LogP contribution in [0.5, 0.6) is 5.88 Å². The Balaban J connectivity index is 0.000000259. The second kappa shape index (κ2) is 14.8. The van der Waals surface area contributed by atoms with Crippen molar-refractivity contribution in [2.75, 3.05) is 39.8 Å². The van der Waals surface area contributed by atoms with Crippen LogP contribution < -0.4 is 4.74 Å². The maximum Gasteiger partial charge on any atom is 0.410 e. The monoisotopic (exact) mass is 622 g/mol. The Morgan fingerprint density at radius 1 is 1.05 bits per heavy atom. The molecular formula is C31H41ClF2N4O5. The Labute approximate surface area is 257 Å². The number of carbonyl (C=O) groups is 2. The van der Waals surface area contributed by atoms with Gasteiger partial charge in [-0.15, -0.1) is 17.5 Å². The van der Waals surface area contributed by atoms with E-state index in [2.05, 4.69) is 17.0 Å². The average Bonchev–Trinajstić information content (AvgIpc) is 3.29. The van der Waals surface area contributed by atoms with Gasteiger partial charge >= 0.3 is 12.1 Å². The predicted octanol–water partition coefficient (Wildman–Crippen LogP) is 6.16. The summed E-state index contributed by atoms with van der Waals surface area (Å²) in [5.74, 6) is -1.30. The Hall–Kier alpha value is -3.44. The molecule has 236 valence electrons. The Bertz CT molecular complexity index is 1400. The van der Waals surface area contributed by atoms with Crippen molar-refractivity contribution in [2.45, 2.75) is 52.1 Å². The average molecular weight is 623 g/mol. The third kappa shape index (κ3) is 9.27. The number of aromatic nitrogens is 2. The molecule has 0 spiro atoms. The SMILES string of the molecule is CC(C)(C)OC(=O)N1CCCC(C(=O)O)C1.CN1CCCC(COc2nn(-c3ccccc3F)c3ccc(F)cc23)C1.Cl. The second-order valence-corrected chi connectivity index (χ2v) is 12.0. The van der Waals surface area contributed by atoms with Crippen molar-refractivity contribution >= 4 is 35.4 Å². The van der Waals surface area contributed by atoms with Crippen LogP contribution >= 0.6 is 12.4 Å². The van der Waals surface area contributed by atoms with E-state index >= 15 is 0 Å². The van der Waals surface area contributed by atoms with Crippen molar-refractivity contribution < 1.29 is 33.0 Å². The van der Waals surface area contributed by atoms with E-state index in [1.807, 2.05) is 0 Å². The molecule has 43 heavy (non-hydrogen) atoms. The molecule has 0 radical (unpaired) electrons. The largest absolute Gasteiger partial charge is 0.481 e. The van der Waals surface area contributed by atoms with Gasteiger partial charge in [0.1, 0.15) is 22.9 Å². The van der Waals surface area contributed by atoms with Gasteiger partial charge in [0, 0.05) is 25.6 Å². The number of benzene rings is 2. The lowest BCUT2D eigenvalue weighted by Crippen LogP contribution is -2.44. The Morgan fingerprint density at radius 2 is 1.77 bits per heavy atom. The zero-order chi connectivity index (χ0) is 30.4. The Morgan fingerprint density at radius 3 is 2.44 bits per heavy atom. The van der Waals surface area contributed by atoms with Crippen molar-refractivity contribution in [1.29, 1.82) is 0 Å². The van der Waals surface area contributed by atoms with Crippen LogP contribution in [0.4, 0.5) is 13.6 Å². The molecule has 2 atom stereocenters. The number of likely N-dealkylation sites (tertiary alicyclic amines) is 2. The number of halogens is 3. The molecule has 5 rings (SSSR count). The first-order valence-corrected chi connectivity index (χ1v) is 14.4. The summed E-state index contributed by atoms with van der Waals surface area (Å²) in [5.41, 5.74) is 0.399. The molecule has 3 heterocycles. The van der Waals surface area contributed by atoms with Crippen LogP contribution in [0, 0.1) is 23.5 Å². The molecule has 3 aromatic rings. The number of carboxylic acid groups (broad SMARTS) is 1. The molecule has 0 saturated carbocycles. The van der Waals surface area contributed by atoms with Gasteiger partial charge < -0.3 is 24.4 Å². The highest BCUT2D eigenvalue weighted by atomic mass is 35.5. The molecule has 2 aromatic carbocycles. The van der Waals surface area contributed by atoms with Gasteiger partial charge in [-0.3, -0.25) is 4.79 Å². The fourth-order valence-corrected chi connectivity index (χ4v) is 5.25. The molecule has 0 aliphatic carbocycles. The molecule has 9 nitrogen and oxygen atoms in total. The van der Waals surface area contributed by atoms with E-state index in [-0.39, 0.29) is 30.6 Å². The smallest absolute Gasteiger partial charge is 0.410 e. The van der Waals surface area contributed by atoms with Crippen molar-refractivity contribution in [1.82, 2.24) is 19.6 Å². The summed E-state index contributed by atoms with van der Waals surface area (Å²) in [4.78, 5) is 26.3. The maximum atomic E-state index is 14.2. The third-order valence-electron chi connectivity index (χ3n) is 7.29. The highest BCUT2D eigenvalue weighted by Gasteiger charge is 2.30. The van der Waals surface area contributed by atoms with Crippen LogP contribution in [0.1, 0.15) is 46.5 Å². The first-order valence-electron chi connectivity index (χ1n) is 14.4. The number of para-hydroxylation sites is 1. The van der Waals surface area contributed by atoms with Gasteiger partial charge in [-0.2, -0.15) is 0 Å². The lowest BCUT2D eigenvalue weighted by Gasteiger charge is -2.32. The van der Waals surface area contributed by atoms with E-state index in [1.165, 1.54) is 27.8 Å². The minimum Gasteiger partial charge on any atom is -0.481 e. The Kier molecular flexibility index (Phi) is 11.7. The summed E-state index contributed by atoms with van der Waals surface area (Å²) < 4.78 is 40.6. The lowest BCUT2D eigenvalue weighted by atomic mass is 9.99. The van der Waals surface area contributed by atoms with Gasteiger partial charge in [-0.1, -0.05) is 12.1 Å². The molecule has 2 fully saturated rings. The number of carbonyl (C=O) groups excluding carboxylic acids is 1. The molecule has 12 heteroatoms. The van der Waals surface area contributed by atoms with Crippen molar-refractivity contribution in [3.05, 3.63) is 54.1 Å². The molecule has 2 saturated heterocycles. The number of rotatable bonds is 5. The van der Waals surface area contributed by atoms with E-state index in [0.29, 0.717) is 48.0 Å². The summed E-state index contributed by atoms with van der Waals surface area (Å²) in [5, 5.41) is 13.9. The molecule has 1 aromatic heterocycles. The minimum absolute atomic E-state index is 0. The molecule has 0 bridgehead atoms. The van der Waals surface area contributed by atoms with Crippen molar-refractivity contribution in [3.8, 4) is 11.6 Å². The van der Waals surface area contributed by atoms with Gasteiger partial charge in [0.2, 0.25) is 5.88 Å².